The molecule has 1 amide bonds. The topological polar surface area (TPSA) is 93.8 Å². The van der Waals surface area contributed by atoms with Crippen LogP contribution in [0.2, 0.25) is 0 Å². The minimum Gasteiger partial charge on any atom is -0.334 e. The summed E-state index contributed by atoms with van der Waals surface area (Å²) in [7, 11) is 0. The third kappa shape index (κ3) is 2.95. The Morgan fingerprint density at radius 2 is 1.95 bits per heavy atom. The molecule has 0 radical (unpaired) electrons. The lowest BCUT2D eigenvalue weighted by atomic mass is 10.1. The first-order valence-electron chi connectivity index (χ1n) is 6.14. The van der Waals surface area contributed by atoms with E-state index < -0.39 is 0 Å². The highest BCUT2D eigenvalue weighted by Crippen LogP contribution is 2.19. The molecule has 0 aliphatic carbocycles. The van der Waals surface area contributed by atoms with Crippen LogP contribution in [0.25, 0.3) is 11.5 Å². The highest BCUT2D eigenvalue weighted by molar-refractivity contribution is 7.15. The number of carbonyl (C=O) groups is 1. The molecule has 0 spiro atoms. The van der Waals surface area contributed by atoms with Gasteiger partial charge in [0.25, 0.3) is 11.8 Å². The van der Waals surface area contributed by atoms with Crippen LogP contribution in [0.15, 0.2) is 28.8 Å². The molecule has 0 bridgehead atoms. The number of carbonyl (C=O) groups excluding carboxylic acids is 1. The molecule has 0 atom stereocenters. The molecule has 21 heavy (non-hydrogen) atoms. The van der Waals surface area contributed by atoms with Crippen LogP contribution in [0, 0.1) is 13.8 Å². The molecule has 0 aliphatic heterocycles. The number of hydrogen-bond acceptors (Lipinski definition) is 7. The van der Waals surface area contributed by atoms with Gasteiger partial charge in [-0.1, -0.05) is 16.5 Å². The highest BCUT2D eigenvalue weighted by Gasteiger charge is 2.11. The summed E-state index contributed by atoms with van der Waals surface area (Å²) in [5.74, 6) is 0.761. The van der Waals surface area contributed by atoms with Crippen LogP contribution in [0.1, 0.15) is 21.2 Å². The SMILES string of the molecule is Cc1noc(-c2ccc(C(=O)Nc3nnc(C)s3)cc2)n1. The zero-order valence-corrected chi connectivity index (χ0v) is 12.1. The van der Waals surface area contributed by atoms with E-state index in [1.54, 1.807) is 31.2 Å². The second-order valence-corrected chi connectivity index (χ2v) is 5.49. The van der Waals surface area contributed by atoms with Gasteiger partial charge in [0.1, 0.15) is 5.01 Å². The number of hydrogen-bond donors (Lipinski definition) is 1. The van der Waals surface area contributed by atoms with E-state index in [1.165, 1.54) is 11.3 Å². The van der Waals surface area contributed by atoms with Crippen LogP contribution in [0.4, 0.5) is 5.13 Å². The number of nitrogens with one attached hydrogen (secondary N) is 1. The van der Waals surface area contributed by atoms with Crippen LogP contribution in [0.3, 0.4) is 0 Å². The summed E-state index contributed by atoms with van der Waals surface area (Å²) in [4.78, 5) is 16.2. The Morgan fingerprint density at radius 3 is 2.52 bits per heavy atom. The van der Waals surface area contributed by atoms with Crippen LogP contribution in [-0.2, 0) is 0 Å². The van der Waals surface area contributed by atoms with Crippen molar-refractivity contribution < 1.29 is 9.32 Å². The largest absolute Gasteiger partial charge is 0.334 e. The number of nitrogens with zero attached hydrogens (tertiary/aromatic N) is 4. The monoisotopic (exact) mass is 301 g/mol. The zero-order chi connectivity index (χ0) is 14.8. The lowest BCUT2D eigenvalue weighted by Crippen LogP contribution is -2.11. The molecule has 3 aromatic rings. The van der Waals surface area contributed by atoms with E-state index in [1.807, 2.05) is 6.92 Å². The molecule has 0 saturated heterocycles. The van der Waals surface area contributed by atoms with Crippen LogP contribution in [0.5, 0.6) is 0 Å². The summed E-state index contributed by atoms with van der Waals surface area (Å²) in [6, 6.07) is 6.90. The van der Waals surface area contributed by atoms with Crippen molar-refractivity contribution >= 4 is 22.4 Å². The fraction of sp³-hybridized carbons (Fsp3) is 0.154. The molecule has 0 unspecified atom stereocenters. The number of anilines is 1. The zero-order valence-electron chi connectivity index (χ0n) is 11.3. The third-order valence-corrected chi connectivity index (χ3v) is 3.42. The van der Waals surface area contributed by atoms with Gasteiger partial charge in [-0.25, -0.2) is 0 Å². The highest BCUT2D eigenvalue weighted by atomic mass is 32.1. The van der Waals surface area contributed by atoms with Gasteiger partial charge in [0.15, 0.2) is 5.82 Å². The first-order valence-corrected chi connectivity index (χ1v) is 6.95. The Bertz CT molecular complexity index is 778. The van der Waals surface area contributed by atoms with Gasteiger partial charge >= 0.3 is 0 Å². The molecule has 2 aromatic heterocycles. The van der Waals surface area contributed by atoms with Gasteiger partial charge < -0.3 is 4.52 Å². The lowest BCUT2D eigenvalue weighted by Gasteiger charge is -2.01. The minimum absolute atomic E-state index is 0.237. The van der Waals surface area contributed by atoms with Crippen LogP contribution < -0.4 is 5.32 Å². The maximum Gasteiger partial charge on any atom is 0.257 e. The third-order valence-electron chi connectivity index (χ3n) is 2.67. The fourth-order valence-electron chi connectivity index (χ4n) is 1.69. The minimum atomic E-state index is -0.237. The van der Waals surface area contributed by atoms with E-state index in [0.717, 1.165) is 10.6 Å². The molecular formula is C13H11N5O2S. The summed E-state index contributed by atoms with van der Waals surface area (Å²) in [5, 5.41) is 15.4. The average Bonchev–Trinajstić information content (AvgIpc) is 3.08. The maximum atomic E-state index is 12.1. The van der Waals surface area contributed by atoms with Gasteiger partial charge in [0, 0.05) is 11.1 Å². The molecule has 2 heterocycles. The molecule has 0 saturated carbocycles. The van der Waals surface area contributed by atoms with Crippen LogP contribution >= 0.6 is 11.3 Å². The molecule has 0 aliphatic rings. The van der Waals surface area contributed by atoms with Crippen molar-refractivity contribution in [1.82, 2.24) is 20.3 Å². The number of benzene rings is 1. The Labute approximate surface area is 124 Å². The molecule has 7 nitrogen and oxygen atoms in total. The molecule has 1 N–H and O–H groups in total. The quantitative estimate of drug-likeness (QED) is 0.798. The van der Waals surface area contributed by atoms with Gasteiger partial charge in [0.2, 0.25) is 5.13 Å². The Hall–Kier alpha value is -2.61. The van der Waals surface area contributed by atoms with Gasteiger partial charge in [-0.3, -0.25) is 10.1 Å². The number of aromatic nitrogens is 4. The van der Waals surface area contributed by atoms with Crippen LogP contribution in [-0.4, -0.2) is 26.2 Å². The van der Waals surface area contributed by atoms with Gasteiger partial charge in [0.05, 0.1) is 0 Å². The van der Waals surface area contributed by atoms with E-state index in [0.29, 0.717) is 22.4 Å². The Kier molecular flexibility index (Phi) is 3.44. The summed E-state index contributed by atoms with van der Waals surface area (Å²) in [5.41, 5.74) is 1.28. The summed E-state index contributed by atoms with van der Waals surface area (Å²) in [6.07, 6.45) is 0. The van der Waals surface area contributed by atoms with E-state index in [4.69, 9.17) is 4.52 Å². The van der Waals surface area contributed by atoms with Gasteiger partial charge in [-0.15, -0.1) is 10.2 Å². The molecule has 3 rings (SSSR count). The number of amides is 1. The molecule has 1 aromatic carbocycles. The first-order chi connectivity index (χ1) is 10.1. The molecule has 106 valence electrons. The average molecular weight is 301 g/mol. The summed E-state index contributed by atoms with van der Waals surface area (Å²) >= 11 is 1.33. The summed E-state index contributed by atoms with van der Waals surface area (Å²) in [6.45, 7) is 3.58. The summed E-state index contributed by atoms with van der Waals surface area (Å²) < 4.78 is 5.07. The van der Waals surface area contributed by atoms with Gasteiger partial charge in [-0.2, -0.15) is 4.98 Å². The van der Waals surface area contributed by atoms with E-state index in [2.05, 4.69) is 25.7 Å². The first kappa shape index (κ1) is 13.4. The van der Waals surface area contributed by atoms with Crippen molar-refractivity contribution in [1.29, 1.82) is 0 Å². The normalized spacial score (nSPS) is 10.6. The fourth-order valence-corrected chi connectivity index (χ4v) is 2.28. The van der Waals surface area contributed by atoms with E-state index in [-0.39, 0.29) is 5.91 Å². The predicted molar refractivity (Wildman–Crippen MR) is 77.1 cm³/mol. The second kappa shape index (κ2) is 5.41. The lowest BCUT2D eigenvalue weighted by molar-refractivity contribution is 0.102. The van der Waals surface area contributed by atoms with Crippen molar-refractivity contribution in [3.63, 3.8) is 0 Å². The van der Waals surface area contributed by atoms with Crippen molar-refractivity contribution in [3.8, 4) is 11.5 Å². The maximum absolute atomic E-state index is 12.1. The number of aryl methyl sites for hydroxylation is 2. The van der Waals surface area contributed by atoms with E-state index >= 15 is 0 Å². The van der Waals surface area contributed by atoms with Gasteiger partial charge in [-0.05, 0) is 38.1 Å². The Morgan fingerprint density at radius 1 is 1.19 bits per heavy atom. The van der Waals surface area contributed by atoms with Crippen molar-refractivity contribution in [3.05, 3.63) is 40.7 Å². The standard InChI is InChI=1S/C13H11N5O2S/c1-7-14-12(20-18-7)10-5-3-9(4-6-10)11(19)15-13-17-16-8(2)21-13/h3-6H,1-2H3,(H,15,17,19). The van der Waals surface area contributed by atoms with Crippen molar-refractivity contribution in [2.75, 3.05) is 5.32 Å². The smallest absolute Gasteiger partial charge is 0.257 e. The number of rotatable bonds is 3. The molecule has 0 fully saturated rings. The molecular weight excluding hydrogens is 290 g/mol. The predicted octanol–water partition coefficient (Wildman–Crippen LogP) is 2.46. The molecule has 8 heteroatoms. The van der Waals surface area contributed by atoms with Crippen molar-refractivity contribution in [2.45, 2.75) is 13.8 Å². The second-order valence-electron chi connectivity index (χ2n) is 4.30. The van der Waals surface area contributed by atoms with Crippen molar-refractivity contribution in [2.24, 2.45) is 0 Å². The van der Waals surface area contributed by atoms with E-state index in [9.17, 15) is 4.79 Å². The Balaban J connectivity index is 1.76.